The van der Waals surface area contributed by atoms with Crippen LogP contribution in [0.3, 0.4) is 0 Å². The minimum atomic E-state index is -1.74. The highest BCUT2D eigenvalue weighted by Gasteiger charge is 2.34. The maximum atomic E-state index is 12.7. The first-order valence-corrected chi connectivity index (χ1v) is 13.9. The van der Waals surface area contributed by atoms with Crippen LogP contribution in [0.1, 0.15) is 28.4 Å². The van der Waals surface area contributed by atoms with E-state index < -0.39 is 48.3 Å². The fourth-order valence-electron chi connectivity index (χ4n) is 4.61. The number of benzene rings is 4. The molecule has 0 fully saturated rings. The molecule has 1 aliphatic heterocycles. The summed E-state index contributed by atoms with van der Waals surface area (Å²) in [4.78, 5) is 47.5. The SMILES string of the molecule is O=C(O)Oc1ccc([C@H]2Oc3cc(OC(=O)OCc4ccccc4)cc(OC(=O)OCc4ccccc4)c3C[C@H]2O)cc1OC(=O)O. The summed E-state index contributed by atoms with van der Waals surface area (Å²) < 4.78 is 36.5. The van der Waals surface area contributed by atoms with E-state index >= 15 is 0 Å². The van der Waals surface area contributed by atoms with Gasteiger partial charge in [-0.15, -0.1) is 0 Å². The zero-order chi connectivity index (χ0) is 33.3. The second-order valence-electron chi connectivity index (χ2n) is 9.90. The molecule has 242 valence electrons. The van der Waals surface area contributed by atoms with Gasteiger partial charge in [-0.05, 0) is 28.8 Å². The first-order chi connectivity index (χ1) is 22.6. The molecule has 14 nitrogen and oxygen atoms in total. The van der Waals surface area contributed by atoms with Gasteiger partial charge in [-0.1, -0.05) is 66.7 Å². The smallest absolute Gasteiger partial charge is 0.482 e. The molecular formula is C33H26O14. The number of carbonyl (C=O) groups excluding carboxylic acids is 2. The molecule has 0 spiro atoms. The van der Waals surface area contributed by atoms with E-state index in [1.807, 2.05) is 6.07 Å². The Morgan fingerprint density at radius 1 is 0.660 bits per heavy atom. The van der Waals surface area contributed by atoms with E-state index in [4.69, 9.17) is 33.9 Å². The van der Waals surface area contributed by atoms with Crippen molar-refractivity contribution in [3.05, 3.63) is 113 Å². The highest BCUT2D eigenvalue weighted by molar-refractivity contribution is 5.69. The summed E-state index contributed by atoms with van der Waals surface area (Å²) in [5.41, 5.74) is 1.82. The summed E-state index contributed by atoms with van der Waals surface area (Å²) in [5.74, 6) is -1.12. The summed E-state index contributed by atoms with van der Waals surface area (Å²) >= 11 is 0. The molecule has 14 heteroatoms. The highest BCUT2D eigenvalue weighted by atomic mass is 16.7. The van der Waals surface area contributed by atoms with Crippen molar-refractivity contribution >= 4 is 24.6 Å². The van der Waals surface area contributed by atoms with Crippen molar-refractivity contribution in [1.82, 2.24) is 0 Å². The third-order valence-electron chi connectivity index (χ3n) is 6.64. The van der Waals surface area contributed by atoms with Crippen molar-refractivity contribution in [3.8, 4) is 28.7 Å². The maximum absolute atomic E-state index is 12.7. The van der Waals surface area contributed by atoms with E-state index in [0.29, 0.717) is 11.1 Å². The van der Waals surface area contributed by atoms with Crippen LogP contribution < -0.4 is 23.7 Å². The van der Waals surface area contributed by atoms with Gasteiger partial charge in [0.1, 0.15) is 36.6 Å². The van der Waals surface area contributed by atoms with Crippen LogP contribution in [0.2, 0.25) is 0 Å². The fourth-order valence-corrected chi connectivity index (χ4v) is 4.61. The predicted molar refractivity (Wildman–Crippen MR) is 158 cm³/mol. The number of aliphatic hydroxyl groups excluding tert-OH is 1. The number of aliphatic hydroxyl groups is 1. The Morgan fingerprint density at radius 2 is 1.23 bits per heavy atom. The molecule has 0 bridgehead atoms. The molecule has 3 N–H and O–H groups in total. The molecule has 5 rings (SSSR count). The number of hydrogen-bond acceptors (Lipinski definition) is 12. The van der Waals surface area contributed by atoms with Crippen LogP contribution in [-0.2, 0) is 29.1 Å². The van der Waals surface area contributed by atoms with Crippen LogP contribution in [-0.4, -0.2) is 46.0 Å². The first kappa shape index (κ1) is 32.1. The predicted octanol–water partition coefficient (Wildman–Crippen LogP) is 6.27. The molecule has 4 aromatic rings. The van der Waals surface area contributed by atoms with Crippen molar-refractivity contribution in [3.63, 3.8) is 0 Å². The van der Waals surface area contributed by atoms with Gasteiger partial charge in [0.25, 0.3) is 0 Å². The normalized spacial score (nSPS) is 14.8. The molecular weight excluding hydrogens is 620 g/mol. The molecule has 0 amide bonds. The average Bonchev–Trinajstić information content (AvgIpc) is 3.04. The van der Waals surface area contributed by atoms with E-state index in [-0.39, 0.29) is 48.0 Å². The molecule has 0 aromatic heterocycles. The van der Waals surface area contributed by atoms with Crippen molar-refractivity contribution in [2.75, 3.05) is 0 Å². The van der Waals surface area contributed by atoms with Crippen molar-refractivity contribution < 1.29 is 67.7 Å². The Kier molecular flexibility index (Phi) is 10.0. The molecule has 0 unspecified atom stereocenters. The van der Waals surface area contributed by atoms with Crippen LogP contribution in [0.5, 0.6) is 28.7 Å². The van der Waals surface area contributed by atoms with E-state index in [2.05, 4.69) is 9.47 Å². The van der Waals surface area contributed by atoms with Crippen LogP contribution in [0.15, 0.2) is 91.0 Å². The van der Waals surface area contributed by atoms with Gasteiger partial charge >= 0.3 is 24.6 Å². The lowest BCUT2D eigenvalue weighted by Gasteiger charge is -2.32. The molecule has 0 aliphatic carbocycles. The van der Waals surface area contributed by atoms with E-state index in [1.54, 1.807) is 54.6 Å². The number of rotatable bonds is 9. The molecule has 2 atom stereocenters. The van der Waals surface area contributed by atoms with Gasteiger partial charge in [-0.3, -0.25) is 0 Å². The monoisotopic (exact) mass is 646 g/mol. The molecule has 1 heterocycles. The van der Waals surface area contributed by atoms with Gasteiger partial charge in [0, 0.05) is 24.1 Å². The number of carbonyl (C=O) groups is 4. The Hall–Kier alpha value is -6.28. The topological polar surface area (TPSA) is 194 Å². The number of hydrogen-bond donors (Lipinski definition) is 3. The highest BCUT2D eigenvalue weighted by Crippen LogP contribution is 2.44. The Bertz CT molecular complexity index is 1760. The fraction of sp³-hybridized carbons (Fsp3) is 0.152. The lowest BCUT2D eigenvalue weighted by Crippen LogP contribution is -2.31. The van der Waals surface area contributed by atoms with Gasteiger partial charge < -0.3 is 48.5 Å². The van der Waals surface area contributed by atoms with Crippen molar-refractivity contribution in [2.24, 2.45) is 0 Å². The summed E-state index contributed by atoms with van der Waals surface area (Å²) in [6.45, 7) is -0.166. The molecule has 1 aliphatic rings. The van der Waals surface area contributed by atoms with Gasteiger partial charge in [-0.25, -0.2) is 19.2 Å². The van der Waals surface area contributed by atoms with E-state index in [9.17, 15) is 24.3 Å². The van der Waals surface area contributed by atoms with Gasteiger partial charge in [0.05, 0.1) is 6.10 Å². The number of carboxylic acid groups (broad SMARTS) is 2. The van der Waals surface area contributed by atoms with Crippen LogP contribution >= 0.6 is 0 Å². The summed E-state index contributed by atoms with van der Waals surface area (Å²) in [6.07, 6.45) is -8.21. The molecule has 47 heavy (non-hydrogen) atoms. The lowest BCUT2D eigenvalue weighted by atomic mass is 9.94. The minimum Gasteiger partial charge on any atom is -0.482 e. The largest absolute Gasteiger partial charge is 0.514 e. The Morgan fingerprint density at radius 3 is 1.83 bits per heavy atom. The van der Waals surface area contributed by atoms with Crippen LogP contribution in [0.25, 0.3) is 0 Å². The molecule has 0 saturated heterocycles. The van der Waals surface area contributed by atoms with Crippen molar-refractivity contribution in [1.29, 1.82) is 0 Å². The first-order valence-electron chi connectivity index (χ1n) is 13.9. The molecule has 4 aromatic carbocycles. The second-order valence-corrected chi connectivity index (χ2v) is 9.90. The molecule has 0 radical (unpaired) electrons. The maximum Gasteiger partial charge on any atom is 0.514 e. The van der Waals surface area contributed by atoms with Crippen LogP contribution in [0.4, 0.5) is 19.2 Å². The lowest BCUT2D eigenvalue weighted by molar-refractivity contribution is 0.0190. The summed E-state index contributed by atoms with van der Waals surface area (Å²) in [6, 6.07) is 23.9. The number of ether oxygens (including phenoxy) is 7. The quantitative estimate of drug-likeness (QED) is 0.136. The average molecular weight is 647 g/mol. The number of fused-ring (bicyclic) bond motifs is 1. The standard InChI is InChI=1S/C33H26O14/c34-24-16-23-26(44-29(24)21-11-12-25(45-30(35)36)28(13-21)46-31(37)38)14-22(43-32(39)41-17-19-7-3-1-4-8-19)15-27(23)47-33(40)42-18-20-9-5-2-6-10-20/h1-15,24,29,34H,16-18H2,(H,35,36)(H,37,38)/t24-,29-/m1/s1. The van der Waals surface area contributed by atoms with Gasteiger partial charge in [0.2, 0.25) is 0 Å². The second kappa shape index (κ2) is 14.7. The zero-order valence-corrected chi connectivity index (χ0v) is 24.3. The Balaban J connectivity index is 1.41. The molecule has 0 saturated carbocycles. The van der Waals surface area contributed by atoms with E-state index in [1.165, 1.54) is 18.2 Å². The summed E-state index contributed by atoms with van der Waals surface area (Å²) in [7, 11) is 0. The zero-order valence-electron chi connectivity index (χ0n) is 24.3. The van der Waals surface area contributed by atoms with Gasteiger partial charge in [-0.2, -0.15) is 0 Å². The Labute approximate surface area is 266 Å². The van der Waals surface area contributed by atoms with Gasteiger partial charge in [0.15, 0.2) is 11.5 Å². The third kappa shape index (κ3) is 8.67. The summed E-state index contributed by atoms with van der Waals surface area (Å²) in [5, 5.41) is 29.2. The third-order valence-corrected chi connectivity index (χ3v) is 6.64. The van der Waals surface area contributed by atoms with Crippen LogP contribution in [0, 0.1) is 0 Å². The minimum absolute atomic E-state index is 0.0334. The van der Waals surface area contributed by atoms with E-state index in [0.717, 1.165) is 12.1 Å². The van der Waals surface area contributed by atoms with Crippen molar-refractivity contribution in [2.45, 2.75) is 31.8 Å².